The second-order valence-electron chi connectivity index (χ2n) is 7.66. The Balaban J connectivity index is 0.000000170. The minimum Gasteiger partial charge on any atom is -0.354 e. The molecule has 3 aromatic rings. The molecule has 0 spiro atoms. The highest BCUT2D eigenvalue weighted by Crippen LogP contribution is 2.30. The van der Waals surface area contributed by atoms with Crippen LogP contribution in [0.1, 0.15) is 5.56 Å². The molecule has 5 rings (SSSR count). The van der Waals surface area contributed by atoms with Crippen LogP contribution < -0.4 is 10.2 Å². The number of aryl methyl sites for hydroxylation is 1. The third-order valence-corrected chi connectivity index (χ3v) is 7.05. The molecule has 4 heterocycles. The maximum atomic E-state index is 10.5. The Morgan fingerprint density at radius 3 is 2.27 bits per heavy atom. The van der Waals surface area contributed by atoms with Crippen LogP contribution in [0.5, 0.6) is 0 Å². The molecule has 2 atom stereocenters. The zero-order chi connectivity index (χ0) is 21.1. The molecular formula is C21H24N4O3S2. The van der Waals surface area contributed by atoms with E-state index in [-0.39, 0.29) is 4.90 Å². The fraction of sp³-hybridized carbons (Fsp3) is 0.333. The number of benzene rings is 1. The molecule has 2 aromatic heterocycles. The molecule has 0 amide bonds. The van der Waals surface area contributed by atoms with Crippen molar-refractivity contribution < 1.29 is 13.0 Å². The molecule has 2 saturated heterocycles. The number of fused-ring (bicyclic) bond motifs is 1. The fourth-order valence-electron chi connectivity index (χ4n) is 3.81. The number of anilines is 1. The molecule has 0 saturated carbocycles. The third kappa shape index (κ3) is 4.86. The number of hydrogen-bond donors (Lipinski definition) is 2. The summed E-state index contributed by atoms with van der Waals surface area (Å²) in [4.78, 5) is 2.31. The van der Waals surface area contributed by atoms with Gasteiger partial charge in [-0.1, -0.05) is 17.7 Å². The van der Waals surface area contributed by atoms with Crippen molar-refractivity contribution in [1.82, 2.24) is 15.5 Å². The fourth-order valence-corrected chi connectivity index (χ4v) is 4.94. The number of aromatic nitrogens is 2. The van der Waals surface area contributed by atoms with E-state index in [9.17, 15) is 8.42 Å². The normalized spacial score (nSPS) is 20.5. The van der Waals surface area contributed by atoms with E-state index in [1.54, 1.807) is 23.5 Å². The van der Waals surface area contributed by atoms with Crippen molar-refractivity contribution in [3.05, 3.63) is 58.8 Å². The van der Waals surface area contributed by atoms with Crippen LogP contribution in [0.3, 0.4) is 0 Å². The van der Waals surface area contributed by atoms with E-state index in [2.05, 4.69) is 49.4 Å². The average molecular weight is 445 g/mol. The van der Waals surface area contributed by atoms with E-state index in [0.717, 1.165) is 60.7 Å². The monoisotopic (exact) mass is 444 g/mol. The third-order valence-electron chi connectivity index (χ3n) is 5.50. The molecule has 1 aromatic carbocycles. The summed E-state index contributed by atoms with van der Waals surface area (Å²) in [6, 6.07) is 12.3. The minimum atomic E-state index is -4.02. The van der Waals surface area contributed by atoms with Crippen molar-refractivity contribution in [2.24, 2.45) is 11.8 Å². The summed E-state index contributed by atoms with van der Waals surface area (Å²) < 4.78 is 29.6. The zero-order valence-electron chi connectivity index (χ0n) is 16.6. The van der Waals surface area contributed by atoms with Crippen molar-refractivity contribution in [2.45, 2.75) is 11.8 Å². The Kier molecular flexibility index (Phi) is 6.14. The van der Waals surface area contributed by atoms with Gasteiger partial charge in [0.25, 0.3) is 10.1 Å². The molecule has 2 aliphatic rings. The van der Waals surface area contributed by atoms with Crippen LogP contribution in [0.2, 0.25) is 0 Å². The predicted molar refractivity (Wildman–Crippen MR) is 118 cm³/mol. The van der Waals surface area contributed by atoms with Gasteiger partial charge in [0.1, 0.15) is 0 Å². The van der Waals surface area contributed by atoms with Gasteiger partial charge in [-0.3, -0.25) is 4.55 Å². The number of nitrogens with zero attached hydrogens (tertiary/aromatic N) is 3. The van der Waals surface area contributed by atoms with E-state index in [1.165, 1.54) is 12.1 Å². The van der Waals surface area contributed by atoms with Crippen LogP contribution in [0.15, 0.2) is 58.1 Å². The van der Waals surface area contributed by atoms with Gasteiger partial charge in [0.15, 0.2) is 5.82 Å². The van der Waals surface area contributed by atoms with Crippen LogP contribution >= 0.6 is 11.3 Å². The second kappa shape index (κ2) is 8.81. The molecule has 0 aliphatic carbocycles. The summed E-state index contributed by atoms with van der Waals surface area (Å²) in [5.74, 6) is 2.60. The number of nitrogens with one attached hydrogen (secondary N) is 1. The molecule has 0 radical (unpaired) electrons. The lowest BCUT2D eigenvalue weighted by atomic mass is 10.0. The summed E-state index contributed by atoms with van der Waals surface area (Å²) in [6.45, 7) is 6.38. The maximum absolute atomic E-state index is 10.5. The van der Waals surface area contributed by atoms with Crippen molar-refractivity contribution in [3.8, 4) is 11.3 Å². The first kappa shape index (κ1) is 20.9. The van der Waals surface area contributed by atoms with Gasteiger partial charge < -0.3 is 10.2 Å². The molecule has 30 heavy (non-hydrogen) atoms. The molecule has 2 aliphatic heterocycles. The first-order valence-electron chi connectivity index (χ1n) is 9.76. The highest BCUT2D eigenvalue weighted by molar-refractivity contribution is 7.85. The van der Waals surface area contributed by atoms with Gasteiger partial charge in [-0.25, -0.2) is 0 Å². The highest BCUT2D eigenvalue weighted by Gasteiger charge is 2.36. The largest absolute Gasteiger partial charge is 0.354 e. The average Bonchev–Trinajstić information content (AvgIpc) is 3.46. The Morgan fingerprint density at radius 1 is 1.03 bits per heavy atom. The molecule has 2 unspecified atom stereocenters. The molecule has 2 fully saturated rings. The van der Waals surface area contributed by atoms with Gasteiger partial charge in [-0.15, -0.1) is 10.2 Å². The van der Waals surface area contributed by atoms with Crippen LogP contribution in [0.25, 0.3) is 11.3 Å². The van der Waals surface area contributed by atoms with E-state index >= 15 is 0 Å². The predicted octanol–water partition coefficient (Wildman–Crippen LogP) is 3.10. The van der Waals surface area contributed by atoms with Crippen LogP contribution in [0.4, 0.5) is 5.82 Å². The van der Waals surface area contributed by atoms with Crippen molar-refractivity contribution in [3.63, 3.8) is 0 Å². The van der Waals surface area contributed by atoms with E-state index in [4.69, 9.17) is 4.55 Å². The lowest BCUT2D eigenvalue weighted by Gasteiger charge is -2.17. The summed E-state index contributed by atoms with van der Waals surface area (Å²) >= 11 is 1.69. The number of hydrogen-bond acceptors (Lipinski definition) is 7. The van der Waals surface area contributed by atoms with Gasteiger partial charge in [0.2, 0.25) is 0 Å². The van der Waals surface area contributed by atoms with Crippen LogP contribution in [0, 0.1) is 18.8 Å². The van der Waals surface area contributed by atoms with Crippen LogP contribution in [-0.2, 0) is 10.1 Å². The Hall–Kier alpha value is -2.33. The smallest absolute Gasteiger partial charge is 0.294 e. The molecular weight excluding hydrogens is 420 g/mol. The van der Waals surface area contributed by atoms with Gasteiger partial charge in [-0.2, -0.15) is 19.8 Å². The highest BCUT2D eigenvalue weighted by atomic mass is 32.2. The molecule has 158 valence electrons. The topological polar surface area (TPSA) is 95.4 Å². The molecule has 0 bridgehead atoms. The van der Waals surface area contributed by atoms with Gasteiger partial charge >= 0.3 is 0 Å². The minimum absolute atomic E-state index is 0.0666. The second-order valence-corrected chi connectivity index (χ2v) is 9.86. The van der Waals surface area contributed by atoms with E-state index in [1.807, 2.05) is 6.92 Å². The molecule has 7 nitrogen and oxygen atoms in total. The lowest BCUT2D eigenvalue weighted by molar-refractivity contribution is 0.483. The number of rotatable bonds is 3. The number of thiophene rings is 1. The van der Waals surface area contributed by atoms with E-state index in [0.29, 0.717) is 0 Å². The van der Waals surface area contributed by atoms with Crippen molar-refractivity contribution >= 4 is 27.3 Å². The van der Waals surface area contributed by atoms with Gasteiger partial charge in [0.05, 0.1) is 10.6 Å². The van der Waals surface area contributed by atoms with Crippen molar-refractivity contribution in [2.75, 3.05) is 31.1 Å². The Labute approximate surface area is 180 Å². The Morgan fingerprint density at radius 2 is 1.73 bits per heavy atom. The maximum Gasteiger partial charge on any atom is 0.294 e. The summed E-state index contributed by atoms with van der Waals surface area (Å²) in [7, 11) is -4.02. The summed E-state index contributed by atoms with van der Waals surface area (Å²) in [5.41, 5.74) is 3.08. The first-order valence-corrected chi connectivity index (χ1v) is 12.1. The molecule has 9 heteroatoms. The Bertz CT molecular complexity index is 1060. The summed E-state index contributed by atoms with van der Waals surface area (Å²) in [6.07, 6.45) is 0. The van der Waals surface area contributed by atoms with Crippen molar-refractivity contribution in [1.29, 1.82) is 0 Å². The molecule has 2 N–H and O–H groups in total. The SMILES string of the molecule is Cc1ccc(S(=O)(=O)O)cc1.c1cc(-c2ccc(N3CC4CNCC4C3)nn2)cs1. The van der Waals surface area contributed by atoms with Gasteiger partial charge in [0, 0.05) is 37.1 Å². The van der Waals surface area contributed by atoms with E-state index < -0.39 is 10.1 Å². The summed E-state index contributed by atoms with van der Waals surface area (Å²) in [5, 5.41) is 16.4. The quantitative estimate of drug-likeness (QED) is 0.599. The standard InChI is InChI=1S/C14H16N4S.C7H8O3S/c1-2-14(17-16-13(1)10-3-4-19-9-10)18-7-11-5-15-6-12(11)8-18;1-6-2-4-7(5-3-6)11(8,9)10/h1-4,9,11-12,15H,5-8H2;2-5H,1H3,(H,8,9,10). The lowest BCUT2D eigenvalue weighted by Crippen LogP contribution is -2.26. The zero-order valence-corrected chi connectivity index (χ0v) is 18.2. The van der Waals surface area contributed by atoms with Gasteiger partial charge in [-0.05, 0) is 54.5 Å². The first-order chi connectivity index (χ1) is 14.4. The van der Waals surface area contributed by atoms with Crippen LogP contribution in [-0.4, -0.2) is 49.3 Å².